The molecule has 0 aliphatic carbocycles. The van der Waals surface area contributed by atoms with Crippen LogP contribution in [-0.4, -0.2) is 43.3 Å². The van der Waals surface area contributed by atoms with Gasteiger partial charge < -0.3 is 9.47 Å². The van der Waals surface area contributed by atoms with E-state index in [9.17, 15) is 0 Å². The molecule has 0 saturated carbocycles. The second-order valence-electron chi connectivity index (χ2n) is 5.84. The number of ether oxygens (including phenoxy) is 2. The molecule has 1 aliphatic heterocycles. The molecule has 1 aliphatic rings. The van der Waals surface area contributed by atoms with E-state index in [1.54, 1.807) is 0 Å². The predicted octanol–water partition coefficient (Wildman–Crippen LogP) is 3.33. The van der Waals surface area contributed by atoms with Crippen LogP contribution in [0.15, 0.2) is 42.5 Å². The Balaban J connectivity index is 1.59. The zero-order valence-corrected chi connectivity index (χ0v) is 12.8. The lowest BCUT2D eigenvalue weighted by Gasteiger charge is -2.35. The molecule has 1 heterocycles. The van der Waals surface area contributed by atoms with Gasteiger partial charge >= 0.3 is 0 Å². The first-order valence-electron chi connectivity index (χ1n) is 7.71. The van der Waals surface area contributed by atoms with Gasteiger partial charge in [0.1, 0.15) is 12.4 Å². The van der Waals surface area contributed by atoms with Crippen molar-refractivity contribution in [2.24, 2.45) is 0 Å². The van der Waals surface area contributed by atoms with Crippen molar-refractivity contribution in [2.45, 2.75) is 26.1 Å². The Hall–Kier alpha value is -1.58. The molecule has 3 heteroatoms. The van der Waals surface area contributed by atoms with Crippen LogP contribution in [-0.2, 0) is 4.74 Å². The highest BCUT2D eigenvalue weighted by Crippen LogP contribution is 2.25. The second kappa shape index (κ2) is 6.46. The minimum Gasteiger partial charge on any atom is -0.492 e. The molecule has 2 atom stereocenters. The fourth-order valence-electron chi connectivity index (χ4n) is 3.07. The summed E-state index contributed by atoms with van der Waals surface area (Å²) in [7, 11) is 0. The molecular weight excluding hydrogens is 262 g/mol. The van der Waals surface area contributed by atoms with E-state index in [0.717, 1.165) is 25.4 Å². The zero-order valence-electron chi connectivity index (χ0n) is 12.8. The van der Waals surface area contributed by atoms with Gasteiger partial charge in [0.2, 0.25) is 0 Å². The number of fused-ring (bicyclic) bond motifs is 1. The summed E-state index contributed by atoms with van der Waals surface area (Å²) in [6.45, 7) is 7.91. The van der Waals surface area contributed by atoms with Crippen molar-refractivity contribution in [1.82, 2.24) is 4.90 Å². The smallest absolute Gasteiger partial charge is 0.127 e. The molecule has 0 amide bonds. The number of hydrogen-bond donors (Lipinski definition) is 0. The monoisotopic (exact) mass is 285 g/mol. The van der Waals surface area contributed by atoms with E-state index in [1.165, 1.54) is 10.8 Å². The molecule has 112 valence electrons. The average molecular weight is 285 g/mol. The van der Waals surface area contributed by atoms with Crippen LogP contribution in [0.3, 0.4) is 0 Å². The lowest BCUT2D eigenvalue weighted by molar-refractivity contribution is -0.0699. The van der Waals surface area contributed by atoms with Gasteiger partial charge in [-0.2, -0.15) is 0 Å². The molecule has 2 aromatic carbocycles. The van der Waals surface area contributed by atoms with Crippen LogP contribution in [0.25, 0.3) is 10.8 Å². The van der Waals surface area contributed by atoms with Gasteiger partial charge in [-0.25, -0.2) is 0 Å². The molecular formula is C18H23NO2. The lowest BCUT2D eigenvalue weighted by atomic mass is 10.1. The molecule has 3 rings (SSSR count). The first-order chi connectivity index (χ1) is 10.2. The van der Waals surface area contributed by atoms with E-state index in [0.29, 0.717) is 18.8 Å². The van der Waals surface area contributed by atoms with Crippen LogP contribution in [0, 0.1) is 0 Å². The van der Waals surface area contributed by atoms with Gasteiger partial charge in [-0.3, -0.25) is 4.90 Å². The summed E-state index contributed by atoms with van der Waals surface area (Å²) in [5, 5.41) is 2.41. The van der Waals surface area contributed by atoms with Gasteiger partial charge in [0.15, 0.2) is 0 Å². The van der Waals surface area contributed by atoms with E-state index in [1.807, 2.05) is 6.07 Å². The zero-order chi connectivity index (χ0) is 14.7. The van der Waals surface area contributed by atoms with Gasteiger partial charge in [0.25, 0.3) is 0 Å². The minimum atomic E-state index is 0.311. The molecule has 1 saturated heterocycles. The standard InChI is InChI=1S/C18H23NO2/c1-14-12-19(13-15(2)21-14)10-11-20-18-9-5-7-16-6-3-4-8-17(16)18/h3-9,14-15H,10-13H2,1-2H3. The Kier molecular flexibility index (Phi) is 4.42. The Morgan fingerprint density at radius 1 is 1.05 bits per heavy atom. The van der Waals surface area contributed by atoms with Crippen molar-refractivity contribution < 1.29 is 9.47 Å². The molecule has 0 bridgehead atoms. The van der Waals surface area contributed by atoms with Crippen LogP contribution < -0.4 is 4.74 Å². The van der Waals surface area contributed by atoms with Crippen LogP contribution in [0.1, 0.15) is 13.8 Å². The normalized spacial score (nSPS) is 23.3. The molecule has 0 N–H and O–H groups in total. The third-order valence-electron chi connectivity index (χ3n) is 3.91. The number of morpholine rings is 1. The Morgan fingerprint density at radius 3 is 2.57 bits per heavy atom. The number of rotatable bonds is 4. The summed E-state index contributed by atoms with van der Waals surface area (Å²) >= 11 is 0. The lowest BCUT2D eigenvalue weighted by Crippen LogP contribution is -2.46. The molecule has 1 fully saturated rings. The van der Waals surface area contributed by atoms with Crippen LogP contribution >= 0.6 is 0 Å². The number of hydrogen-bond acceptors (Lipinski definition) is 3. The van der Waals surface area contributed by atoms with Gasteiger partial charge in [0.05, 0.1) is 12.2 Å². The maximum absolute atomic E-state index is 6.01. The average Bonchev–Trinajstić information content (AvgIpc) is 2.46. The third kappa shape index (κ3) is 3.55. The highest BCUT2D eigenvalue weighted by molar-refractivity contribution is 5.88. The van der Waals surface area contributed by atoms with Crippen molar-refractivity contribution in [1.29, 1.82) is 0 Å². The summed E-state index contributed by atoms with van der Waals surface area (Å²) < 4.78 is 11.8. The highest BCUT2D eigenvalue weighted by atomic mass is 16.5. The van der Waals surface area contributed by atoms with E-state index < -0.39 is 0 Å². The van der Waals surface area contributed by atoms with E-state index in [2.05, 4.69) is 55.1 Å². The molecule has 0 radical (unpaired) electrons. The first kappa shape index (κ1) is 14.4. The summed E-state index contributed by atoms with van der Waals surface area (Å²) in [5.41, 5.74) is 0. The molecule has 3 nitrogen and oxygen atoms in total. The van der Waals surface area contributed by atoms with Crippen molar-refractivity contribution in [2.75, 3.05) is 26.2 Å². The highest BCUT2D eigenvalue weighted by Gasteiger charge is 2.21. The first-order valence-corrected chi connectivity index (χ1v) is 7.71. The van der Waals surface area contributed by atoms with Gasteiger partial charge in [0, 0.05) is 25.0 Å². The maximum Gasteiger partial charge on any atom is 0.127 e. The van der Waals surface area contributed by atoms with Crippen LogP contribution in [0.5, 0.6) is 5.75 Å². The van der Waals surface area contributed by atoms with Crippen molar-refractivity contribution >= 4 is 10.8 Å². The molecule has 0 aromatic heterocycles. The van der Waals surface area contributed by atoms with Gasteiger partial charge in [-0.15, -0.1) is 0 Å². The predicted molar refractivity (Wildman–Crippen MR) is 85.9 cm³/mol. The topological polar surface area (TPSA) is 21.7 Å². The van der Waals surface area contributed by atoms with E-state index in [-0.39, 0.29) is 0 Å². The quantitative estimate of drug-likeness (QED) is 0.860. The third-order valence-corrected chi connectivity index (χ3v) is 3.91. The fourth-order valence-corrected chi connectivity index (χ4v) is 3.07. The fraction of sp³-hybridized carbons (Fsp3) is 0.444. The van der Waals surface area contributed by atoms with Gasteiger partial charge in [-0.1, -0.05) is 36.4 Å². The largest absolute Gasteiger partial charge is 0.492 e. The molecule has 0 spiro atoms. The SMILES string of the molecule is CC1CN(CCOc2cccc3ccccc23)CC(C)O1. The number of benzene rings is 2. The summed E-state index contributed by atoms with van der Waals surface area (Å²) in [6.07, 6.45) is 0.623. The molecule has 2 aromatic rings. The van der Waals surface area contributed by atoms with Crippen LogP contribution in [0.4, 0.5) is 0 Å². The maximum atomic E-state index is 6.01. The Morgan fingerprint density at radius 2 is 1.76 bits per heavy atom. The summed E-state index contributed by atoms with van der Waals surface area (Å²) in [4.78, 5) is 2.42. The summed E-state index contributed by atoms with van der Waals surface area (Å²) in [6, 6.07) is 14.6. The van der Waals surface area contributed by atoms with Crippen molar-refractivity contribution in [3.8, 4) is 5.75 Å². The number of nitrogens with zero attached hydrogens (tertiary/aromatic N) is 1. The second-order valence-corrected chi connectivity index (χ2v) is 5.84. The van der Waals surface area contributed by atoms with Crippen LogP contribution in [0.2, 0.25) is 0 Å². The Bertz CT molecular complexity index is 583. The van der Waals surface area contributed by atoms with E-state index >= 15 is 0 Å². The van der Waals surface area contributed by atoms with Crippen molar-refractivity contribution in [3.63, 3.8) is 0 Å². The van der Waals surface area contributed by atoms with Crippen molar-refractivity contribution in [3.05, 3.63) is 42.5 Å². The Labute approximate surface area is 126 Å². The molecule has 2 unspecified atom stereocenters. The molecule has 21 heavy (non-hydrogen) atoms. The minimum absolute atomic E-state index is 0.311. The van der Waals surface area contributed by atoms with E-state index in [4.69, 9.17) is 9.47 Å². The van der Waals surface area contributed by atoms with Gasteiger partial charge in [-0.05, 0) is 25.3 Å². The summed E-state index contributed by atoms with van der Waals surface area (Å²) in [5.74, 6) is 0.974.